The molecule has 2 aromatic rings. The number of aromatic nitrogens is 1. The van der Waals surface area contributed by atoms with Gasteiger partial charge in [0.05, 0.1) is 6.10 Å². The molecule has 0 saturated carbocycles. The van der Waals surface area contributed by atoms with Gasteiger partial charge in [-0.1, -0.05) is 39.0 Å². The van der Waals surface area contributed by atoms with Crippen molar-refractivity contribution >= 4 is 10.9 Å². The molecule has 0 saturated heterocycles. The molecule has 2 heteroatoms. The van der Waals surface area contributed by atoms with E-state index in [0.29, 0.717) is 6.42 Å². The van der Waals surface area contributed by atoms with E-state index in [2.05, 4.69) is 37.9 Å². The van der Waals surface area contributed by atoms with Crippen LogP contribution in [0.2, 0.25) is 0 Å². The van der Waals surface area contributed by atoms with Crippen molar-refractivity contribution in [3.63, 3.8) is 0 Å². The first-order valence-corrected chi connectivity index (χ1v) is 5.71. The lowest BCUT2D eigenvalue weighted by molar-refractivity contribution is 0.0639. The Balaban J connectivity index is 2.28. The third-order valence-electron chi connectivity index (χ3n) is 3.09. The Kier molecular flexibility index (Phi) is 2.76. The van der Waals surface area contributed by atoms with Gasteiger partial charge >= 0.3 is 0 Å². The van der Waals surface area contributed by atoms with E-state index < -0.39 is 0 Å². The van der Waals surface area contributed by atoms with Gasteiger partial charge in [-0.25, -0.2) is 0 Å². The maximum Gasteiger partial charge on any atom is 0.0629 e. The van der Waals surface area contributed by atoms with Crippen molar-refractivity contribution in [1.29, 1.82) is 0 Å². The summed E-state index contributed by atoms with van der Waals surface area (Å²) in [6, 6.07) is 8.20. The van der Waals surface area contributed by atoms with E-state index in [1.54, 1.807) is 0 Å². The molecule has 16 heavy (non-hydrogen) atoms. The number of para-hydroxylation sites is 1. The van der Waals surface area contributed by atoms with E-state index >= 15 is 0 Å². The van der Waals surface area contributed by atoms with E-state index in [-0.39, 0.29) is 11.5 Å². The quantitative estimate of drug-likeness (QED) is 0.796. The number of hydrogen-bond acceptors (Lipinski definition) is 1. The molecule has 2 nitrogen and oxygen atoms in total. The molecule has 1 aromatic carbocycles. The summed E-state index contributed by atoms with van der Waals surface area (Å²) in [5, 5.41) is 11.3. The summed E-state index contributed by atoms with van der Waals surface area (Å²) in [4.78, 5) is 3.23. The first-order valence-electron chi connectivity index (χ1n) is 5.71. The smallest absolute Gasteiger partial charge is 0.0629 e. The van der Waals surface area contributed by atoms with Gasteiger partial charge in [-0.15, -0.1) is 0 Å². The van der Waals surface area contributed by atoms with E-state index in [1.165, 1.54) is 10.9 Å². The molecule has 1 unspecified atom stereocenters. The zero-order valence-electron chi connectivity index (χ0n) is 10.1. The van der Waals surface area contributed by atoms with E-state index in [0.717, 1.165) is 5.52 Å². The number of aromatic amines is 1. The normalized spacial score (nSPS) is 14.2. The minimum Gasteiger partial charge on any atom is -0.392 e. The van der Waals surface area contributed by atoms with Crippen LogP contribution in [0, 0.1) is 5.41 Å². The standard InChI is InChI=1S/C14H19NO/c1-14(2,3)13(16)8-10-9-15-12-7-5-4-6-11(10)12/h4-7,9,13,15-16H,8H2,1-3H3. The van der Waals surface area contributed by atoms with E-state index in [4.69, 9.17) is 0 Å². The van der Waals surface area contributed by atoms with Gasteiger partial charge in [0.25, 0.3) is 0 Å². The van der Waals surface area contributed by atoms with Crippen molar-refractivity contribution in [2.45, 2.75) is 33.3 Å². The zero-order valence-corrected chi connectivity index (χ0v) is 10.1. The van der Waals surface area contributed by atoms with Gasteiger partial charge in [0.15, 0.2) is 0 Å². The van der Waals surface area contributed by atoms with Crippen LogP contribution in [-0.4, -0.2) is 16.2 Å². The van der Waals surface area contributed by atoms with Gasteiger partial charge in [-0.05, 0) is 17.0 Å². The topological polar surface area (TPSA) is 36.0 Å². The van der Waals surface area contributed by atoms with Crippen LogP contribution in [0.5, 0.6) is 0 Å². The number of aliphatic hydroxyl groups is 1. The van der Waals surface area contributed by atoms with Crippen LogP contribution < -0.4 is 0 Å². The largest absolute Gasteiger partial charge is 0.392 e. The second kappa shape index (κ2) is 3.95. The average Bonchev–Trinajstić information content (AvgIpc) is 2.61. The Morgan fingerprint density at radius 3 is 2.62 bits per heavy atom. The molecule has 1 aromatic heterocycles. The first-order chi connectivity index (χ1) is 7.48. The van der Waals surface area contributed by atoms with Crippen LogP contribution in [0.25, 0.3) is 10.9 Å². The van der Waals surface area contributed by atoms with Crippen LogP contribution in [0.1, 0.15) is 26.3 Å². The van der Waals surface area contributed by atoms with Gasteiger partial charge in [0, 0.05) is 23.5 Å². The monoisotopic (exact) mass is 217 g/mol. The van der Waals surface area contributed by atoms with Gasteiger partial charge in [0.1, 0.15) is 0 Å². The third kappa shape index (κ3) is 2.12. The van der Waals surface area contributed by atoms with Crippen molar-refractivity contribution in [2.75, 3.05) is 0 Å². The number of H-pyrrole nitrogens is 1. The molecule has 1 heterocycles. The summed E-state index contributed by atoms with van der Waals surface area (Å²) in [6.45, 7) is 6.19. The van der Waals surface area contributed by atoms with Gasteiger partial charge < -0.3 is 10.1 Å². The predicted octanol–water partition coefficient (Wildman–Crippen LogP) is 3.12. The van der Waals surface area contributed by atoms with Crippen LogP contribution >= 0.6 is 0 Å². The SMILES string of the molecule is CC(C)(C)C(O)Cc1c[nH]c2ccccc12. The highest BCUT2D eigenvalue weighted by Crippen LogP contribution is 2.25. The molecule has 1 atom stereocenters. The number of hydrogen-bond donors (Lipinski definition) is 2. The summed E-state index contributed by atoms with van der Waals surface area (Å²) in [7, 11) is 0. The maximum atomic E-state index is 10.1. The Bertz CT molecular complexity index is 479. The molecule has 86 valence electrons. The molecule has 2 rings (SSSR count). The summed E-state index contributed by atoms with van der Waals surface area (Å²) in [6.07, 6.45) is 2.39. The van der Waals surface area contributed by atoms with Crippen LogP contribution in [0.15, 0.2) is 30.5 Å². The highest BCUT2D eigenvalue weighted by Gasteiger charge is 2.23. The van der Waals surface area contributed by atoms with Crippen molar-refractivity contribution in [2.24, 2.45) is 5.41 Å². The third-order valence-corrected chi connectivity index (χ3v) is 3.09. The van der Waals surface area contributed by atoms with Crippen LogP contribution in [-0.2, 0) is 6.42 Å². The number of nitrogens with one attached hydrogen (secondary N) is 1. The molecule has 0 amide bonds. The molecular formula is C14H19NO. The first kappa shape index (κ1) is 11.2. The van der Waals surface area contributed by atoms with E-state index in [1.807, 2.05) is 18.3 Å². The maximum absolute atomic E-state index is 10.1. The van der Waals surface area contributed by atoms with Crippen molar-refractivity contribution in [3.05, 3.63) is 36.0 Å². The summed E-state index contributed by atoms with van der Waals surface area (Å²) < 4.78 is 0. The lowest BCUT2D eigenvalue weighted by atomic mass is 9.85. The highest BCUT2D eigenvalue weighted by atomic mass is 16.3. The molecule has 0 aliphatic rings. The fourth-order valence-electron chi connectivity index (χ4n) is 1.81. The van der Waals surface area contributed by atoms with Gasteiger partial charge in [-0.3, -0.25) is 0 Å². The summed E-state index contributed by atoms with van der Waals surface area (Å²) in [5.41, 5.74) is 2.26. The van der Waals surface area contributed by atoms with Crippen molar-refractivity contribution < 1.29 is 5.11 Å². The Hall–Kier alpha value is -1.28. The molecule has 0 spiro atoms. The fourth-order valence-corrected chi connectivity index (χ4v) is 1.81. The number of rotatable bonds is 2. The predicted molar refractivity (Wildman–Crippen MR) is 67.5 cm³/mol. The lowest BCUT2D eigenvalue weighted by Gasteiger charge is -2.25. The molecule has 0 fully saturated rings. The Labute approximate surface area is 96.3 Å². The van der Waals surface area contributed by atoms with Crippen LogP contribution in [0.3, 0.4) is 0 Å². The summed E-state index contributed by atoms with van der Waals surface area (Å²) >= 11 is 0. The second-order valence-corrected chi connectivity index (χ2v) is 5.45. The minimum absolute atomic E-state index is 0.0711. The number of benzene rings is 1. The van der Waals surface area contributed by atoms with Gasteiger partial charge in [-0.2, -0.15) is 0 Å². The molecule has 0 aliphatic heterocycles. The van der Waals surface area contributed by atoms with E-state index in [9.17, 15) is 5.11 Å². The van der Waals surface area contributed by atoms with Crippen LogP contribution in [0.4, 0.5) is 0 Å². The number of fused-ring (bicyclic) bond motifs is 1. The van der Waals surface area contributed by atoms with Gasteiger partial charge in [0.2, 0.25) is 0 Å². The molecule has 2 N–H and O–H groups in total. The minimum atomic E-state index is -0.313. The Morgan fingerprint density at radius 2 is 1.94 bits per heavy atom. The molecule has 0 aliphatic carbocycles. The summed E-state index contributed by atoms with van der Waals surface area (Å²) in [5.74, 6) is 0. The average molecular weight is 217 g/mol. The highest BCUT2D eigenvalue weighted by molar-refractivity contribution is 5.83. The second-order valence-electron chi connectivity index (χ2n) is 5.45. The molecular weight excluding hydrogens is 198 g/mol. The zero-order chi connectivity index (χ0) is 11.8. The van der Waals surface area contributed by atoms with Crippen molar-refractivity contribution in [1.82, 2.24) is 4.98 Å². The Morgan fingerprint density at radius 1 is 1.25 bits per heavy atom. The van der Waals surface area contributed by atoms with Crippen molar-refractivity contribution in [3.8, 4) is 0 Å². The molecule has 0 radical (unpaired) electrons. The molecule has 0 bridgehead atoms. The number of aliphatic hydroxyl groups excluding tert-OH is 1. The fraction of sp³-hybridized carbons (Fsp3) is 0.429. The lowest BCUT2D eigenvalue weighted by Crippen LogP contribution is -2.27.